The Labute approximate surface area is 185 Å². The van der Waals surface area contributed by atoms with Gasteiger partial charge in [-0.2, -0.15) is 5.10 Å². The van der Waals surface area contributed by atoms with E-state index in [1.165, 1.54) is 12.1 Å². The fraction of sp³-hybridized carbons (Fsp3) is 0.280. The maximum absolute atomic E-state index is 13.8. The van der Waals surface area contributed by atoms with Crippen LogP contribution in [0.3, 0.4) is 0 Å². The molecule has 4 heterocycles. The van der Waals surface area contributed by atoms with Crippen molar-refractivity contribution >= 4 is 0 Å². The van der Waals surface area contributed by atoms with Crippen LogP contribution in [0.2, 0.25) is 0 Å². The van der Waals surface area contributed by atoms with Crippen LogP contribution >= 0.6 is 0 Å². The summed E-state index contributed by atoms with van der Waals surface area (Å²) in [4.78, 5) is 6.46. The predicted molar refractivity (Wildman–Crippen MR) is 119 cm³/mol. The Hall–Kier alpha value is -3.29. The molecule has 1 N–H and O–H groups in total. The topological polar surface area (TPSA) is 67.3 Å². The third-order valence-corrected chi connectivity index (χ3v) is 6.11. The molecule has 0 unspecified atom stereocenters. The first-order valence-electron chi connectivity index (χ1n) is 10.8. The summed E-state index contributed by atoms with van der Waals surface area (Å²) in [6, 6.07) is 14.0. The van der Waals surface area contributed by atoms with E-state index in [-0.39, 0.29) is 5.82 Å². The number of likely N-dealkylation sites (tertiary alicyclic amines) is 1. The summed E-state index contributed by atoms with van der Waals surface area (Å²) in [5.41, 5.74) is 2.42. The molecule has 0 aliphatic carbocycles. The van der Waals surface area contributed by atoms with Crippen molar-refractivity contribution in [2.45, 2.75) is 31.9 Å². The van der Waals surface area contributed by atoms with Crippen molar-refractivity contribution in [3.05, 3.63) is 89.8 Å². The smallest absolute Gasteiger partial charge is 0.154 e. The van der Waals surface area contributed by atoms with Crippen LogP contribution in [0, 0.1) is 12.7 Å². The van der Waals surface area contributed by atoms with Crippen LogP contribution in [0.5, 0.6) is 0 Å². The SMILES string of the molecule is Cc1ccc(-c2nn(-c3cccc(F)c3)cc2CN2CCC(O)(c3cccnc3)CC2)o1. The van der Waals surface area contributed by atoms with Gasteiger partial charge >= 0.3 is 0 Å². The van der Waals surface area contributed by atoms with Crippen molar-refractivity contribution < 1.29 is 13.9 Å². The Bertz CT molecular complexity index is 1210. The molecule has 1 aliphatic heterocycles. The summed E-state index contributed by atoms with van der Waals surface area (Å²) in [7, 11) is 0. The van der Waals surface area contributed by atoms with E-state index in [9.17, 15) is 9.50 Å². The number of rotatable bonds is 5. The van der Waals surface area contributed by atoms with E-state index in [4.69, 9.17) is 9.52 Å². The Morgan fingerprint density at radius 1 is 1.12 bits per heavy atom. The lowest BCUT2D eigenvalue weighted by molar-refractivity contribution is -0.0279. The Balaban J connectivity index is 1.39. The summed E-state index contributed by atoms with van der Waals surface area (Å²) in [6.07, 6.45) is 6.66. The molecule has 0 spiro atoms. The number of aromatic nitrogens is 3. The standard InChI is InChI=1S/C25H25FN4O2/c1-18-7-8-23(32-18)24-19(17-30(28-24)22-6-2-5-21(26)14-22)16-29-12-9-25(31,10-13-29)20-4-3-11-27-15-20/h2-8,11,14-15,17,31H,9-10,12-13,16H2,1H3. The van der Waals surface area contributed by atoms with Crippen molar-refractivity contribution in [1.82, 2.24) is 19.7 Å². The highest BCUT2D eigenvalue weighted by molar-refractivity contribution is 5.58. The van der Waals surface area contributed by atoms with Crippen LogP contribution < -0.4 is 0 Å². The zero-order chi connectivity index (χ0) is 22.1. The third kappa shape index (κ3) is 4.09. The summed E-state index contributed by atoms with van der Waals surface area (Å²) in [6.45, 7) is 4.05. The lowest BCUT2D eigenvalue weighted by atomic mass is 9.85. The molecule has 0 saturated carbocycles. The minimum absolute atomic E-state index is 0.305. The minimum atomic E-state index is -0.850. The third-order valence-electron chi connectivity index (χ3n) is 6.11. The molecular formula is C25H25FN4O2. The molecule has 4 aromatic rings. The number of benzene rings is 1. The highest BCUT2D eigenvalue weighted by Crippen LogP contribution is 2.34. The number of aryl methyl sites for hydroxylation is 1. The van der Waals surface area contributed by atoms with Crippen molar-refractivity contribution in [3.8, 4) is 17.1 Å². The molecule has 32 heavy (non-hydrogen) atoms. The van der Waals surface area contributed by atoms with Crippen LogP contribution in [-0.4, -0.2) is 37.9 Å². The first-order chi connectivity index (χ1) is 15.5. The number of pyridine rings is 1. The van der Waals surface area contributed by atoms with Gasteiger partial charge in [0.2, 0.25) is 0 Å². The van der Waals surface area contributed by atoms with Gasteiger partial charge in [-0.25, -0.2) is 9.07 Å². The number of halogens is 1. The van der Waals surface area contributed by atoms with E-state index >= 15 is 0 Å². The second-order valence-corrected chi connectivity index (χ2v) is 8.39. The highest BCUT2D eigenvalue weighted by atomic mass is 19.1. The van der Waals surface area contributed by atoms with E-state index in [0.29, 0.717) is 30.8 Å². The van der Waals surface area contributed by atoms with E-state index in [1.807, 2.05) is 43.5 Å². The lowest BCUT2D eigenvalue weighted by Gasteiger charge is -2.38. The van der Waals surface area contributed by atoms with E-state index in [1.54, 1.807) is 23.1 Å². The molecule has 6 nitrogen and oxygen atoms in total. The van der Waals surface area contributed by atoms with Gasteiger partial charge in [0.25, 0.3) is 0 Å². The number of aliphatic hydroxyl groups is 1. The maximum atomic E-state index is 13.8. The normalized spacial score (nSPS) is 16.3. The Kier molecular flexibility index (Phi) is 5.36. The fourth-order valence-corrected chi connectivity index (χ4v) is 4.29. The molecule has 0 atom stereocenters. The van der Waals surface area contributed by atoms with Gasteiger partial charge in [0.05, 0.1) is 11.3 Å². The zero-order valence-corrected chi connectivity index (χ0v) is 17.9. The second kappa shape index (κ2) is 8.33. The van der Waals surface area contributed by atoms with Gasteiger partial charge in [-0.15, -0.1) is 0 Å². The second-order valence-electron chi connectivity index (χ2n) is 8.39. The number of hydrogen-bond acceptors (Lipinski definition) is 5. The number of hydrogen-bond donors (Lipinski definition) is 1. The first-order valence-corrected chi connectivity index (χ1v) is 10.8. The van der Waals surface area contributed by atoms with Crippen LogP contribution in [0.4, 0.5) is 4.39 Å². The minimum Gasteiger partial charge on any atom is -0.460 e. The van der Waals surface area contributed by atoms with Crippen LogP contribution in [0.15, 0.2) is 71.5 Å². The monoisotopic (exact) mass is 432 g/mol. The van der Waals surface area contributed by atoms with Crippen LogP contribution in [0.1, 0.15) is 29.7 Å². The molecule has 5 rings (SSSR count). The Morgan fingerprint density at radius 3 is 2.66 bits per heavy atom. The van der Waals surface area contributed by atoms with E-state index in [2.05, 4.69) is 9.88 Å². The predicted octanol–water partition coefficient (Wildman–Crippen LogP) is 4.46. The van der Waals surface area contributed by atoms with Crippen LogP contribution in [-0.2, 0) is 12.1 Å². The molecule has 0 amide bonds. The molecule has 3 aromatic heterocycles. The number of piperidine rings is 1. The molecule has 0 radical (unpaired) electrons. The average Bonchev–Trinajstić information content (AvgIpc) is 3.42. The first kappa shape index (κ1) is 20.6. The summed E-state index contributed by atoms with van der Waals surface area (Å²) in [5.74, 6) is 1.20. The van der Waals surface area contributed by atoms with Gasteiger partial charge in [-0.05, 0) is 56.2 Å². The van der Waals surface area contributed by atoms with E-state index < -0.39 is 5.60 Å². The van der Waals surface area contributed by atoms with Crippen LogP contribution in [0.25, 0.3) is 17.1 Å². The molecule has 7 heteroatoms. The number of nitrogens with zero attached hydrogens (tertiary/aromatic N) is 4. The van der Waals surface area contributed by atoms with E-state index in [0.717, 1.165) is 35.7 Å². The molecular weight excluding hydrogens is 407 g/mol. The molecule has 1 aliphatic rings. The van der Waals surface area contributed by atoms with Gasteiger partial charge in [-0.3, -0.25) is 9.88 Å². The molecule has 164 valence electrons. The largest absolute Gasteiger partial charge is 0.460 e. The molecule has 1 fully saturated rings. The van der Waals surface area contributed by atoms with Crippen molar-refractivity contribution in [2.75, 3.05) is 13.1 Å². The van der Waals surface area contributed by atoms with Gasteiger partial charge in [0.15, 0.2) is 5.76 Å². The van der Waals surface area contributed by atoms with Crippen molar-refractivity contribution in [2.24, 2.45) is 0 Å². The highest BCUT2D eigenvalue weighted by Gasteiger charge is 2.34. The van der Waals surface area contributed by atoms with Crippen molar-refractivity contribution in [3.63, 3.8) is 0 Å². The van der Waals surface area contributed by atoms with Gasteiger partial charge < -0.3 is 9.52 Å². The van der Waals surface area contributed by atoms with Gasteiger partial charge in [0, 0.05) is 49.4 Å². The lowest BCUT2D eigenvalue weighted by Crippen LogP contribution is -2.42. The Morgan fingerprint density at radius 2 is 1.97 bits per heavy atom. The van der Waals surface area contributed by atoms with Gasteiger partial charge in [-0.1, -0.05) is 12.1 Å². The fourth-order valence-electron chi connectivity index (χ4n) is 4.29. The molecule has 1 aromatic carbocycles. The maximum Gasteiger partial charge on any atom is 0.154 e. The molecule has 0 bridgehead atoms. The summed E-state index contributed by atoms with van der Waals surface area (Å²) in [5, 5.41) is 15.8. The number of furan rings is 1. The van der Waals surface area contributed by atoms with Crippen molar-refractivity contribution in [1.29, 1.82) is 0 Å². The van der Waals surface area contributed by atoms with Gasteiger partial charge in [0.1, 0.15) is 17.3 Å². The summed E-state index contributed by atoms with van der Waals surface area (Å²) >= 11 is 0. The molecule has 1 saturated heterocycles. The summed E-state index contributed by atoms with van der Waals surface area (Å²) < 4.78 is 21.3. The quantitative estimate of drug-likeness (QED) is 0.504. The average molecular weight is 432 g/mol. The zero-order valence-electron chi connectivity index (χ0n) is 17.9.